The lowest BCUT2D eigenvalue weighted by molar-refractivity contribution is 0.0342. The van der Waals surface area contributed by atoms with Crippen molar-refractivity contribution in [2.24, 2.45) is 0 Å². The van der Waals surface area contributed by atoms with Crippen LogP contribution in [-0.2, 0) is 27.8 Å². The van der Waals surface area contributed by atoms with Gasteiger partial charge in [0.15, 0.2) is 0 Å². The van der Waals surface area contributed by atoms with Crippen molar-refractivity contribution in [2.75, 3.05) is 30.6 Å². The Morgan fingerprint density at radius 3 is 2.36 bits per heavy atom. The average molecular weight is 489 g/mol. The van der Waals surface area contributed by atoms with E-state index in [9.17, 15) is 12.8 Å². The third kappa shape index (κ3) is 5.81. The first kappa shape index (κ1) is 23.9. The first-order chi connectivity index (χ1) is 15.8. The summed E-state index contributed by atoms with van der Waals surface area (Å²) in [6.07, 6.45) is 0. The van der Waals surface area contributed by atoms with E-state index in [-0.39, 0.29) is 11.4 Å². The largest absolute Gasteiger partial charge is 0.379 e. The van der Waals surface area contributed by atoms with Crippen LogP contribution in [0.1, 0.15) is 35.8 Å². The van der Waals surface area contributed by atoms with Crippen molar-refractivity contribution >= 4 is 27.0 Å². The van der Waals surface area contributed by atoms with Gasteiger partial charge in [-0.25, -0.2) is 12.8 Å². The van der Waals surface area contributed by atoms with Crippen LogP contribution in [0.3, 0.4) is 0 Å². The molecule has 0 spiro atoms. The maximum atomic E-state index is 13.6. The van der Waals surface area contributed by atoms with Gasteiger partial charge in [-0.3, -0.25) is 9.21 Å². The monoisotopic (exact) mass is 488 g/mol. The van der Waals surface area contributed by atoms with Crippen LogP contribution < -0.4 is 4.31 Å². The summed E-state index contributed by atoms with van der Waals surface area (Å²) in [6.45, 7) is 8.42. The van der Waals surface area contributed by atoms with Crippen molar-refractivity contribution in [2.45, 2.75) is 37.8 Å². The van der Waals surface area contributed by atoms with Crippen molar-refractivity contribution in [1.82, 2.24) is 4.90 Å². The Bertz CT molecular complexity index is 1150. The number of halogens is 1. The minimum atomic E-state index is -3.83. The molecule has 0 bridgehead atoms. The fraction of sp³-hybridized carbons (Fsp3) is 0.360. The Morgan fingerprint density at radius 1 is 1.06 bits per heavy atom. The first-order valence-electron chi connectivity index (χ1n) is 11.1. The zero-order valence-corrected chi connectivity index (χ0v) is 20.5. The van der Waals surface area contributed by atoms with E-state index in [1.807, 2.05) is 12.1 Å². The molecule has 176 valence electrons. The zero-order chi connectivity index (χ0) is 23.4. The van der Waals surface area contributed by atoms with Gasteiger partial charge in [-0.2, -0.15) is 0 Å². The van der Waals surface area contributed by atoms with Gasteiger partial charge in [-0.1, -0.05) is 26.0 Å². The summed E-state index contributed by atoms with van der Waals surface area (Å²) in [5.41, 5.74) is 2.68. The number of thiophene rings is 1. The highest BCUT2D eigenvalue weighted by Gasteiger charge is 2.26. The molecule has 1 saturated heterocycles. The topological polar surface area (TPSA) is 49.9 Å². The molecule has 33 heavy (non-hydrogen) atoms. The van der Waals surface area contributed by atoms with E-state index in [0.29, 0.717) is 11.6 Å². The fourth-order valence-electron chi connectivity index (χ4n) is 3.83. The summed E-state index contributed by atoms with van der Waals surface area (Å²) < 4.78 is 47.6. The standard InChI is InChI=1S/C25H29FN2O3S2/c1-19(2)21-3-9-25(10-4-21)33(29,30)28(23-7-5-22(26)6-8-23)17-24-15-20(18-32-24)16-27-11-13-31-14-12-27/h3-10,15,18-19H,11-14,16-17H2,1-2H3. The van der Waals surface area contributed by atoms with Gasteiger partial charge in [0, 0.05) is 24.5 Å². The molecule has 1 fully saturated rings. The van der Waals surface area contributed by atoms with E-state index in [1.165, 1.54) is 28.6 Å². The molecule has 0 amide bonds. The number of rotatable bonds is 8. The number of hydrogen-bond donors (Lipinski definition) is 0. The third-order valence-electron chi connectivity index (χ3n) is 5.77. The minimum Gasteiger partial charge on any atom is -0.379 e. The van der Waals surface area contributed by atoms with Crippen LogP contribution in [0, 0.1) is 5.82 Å². The molecule has 0 unspecified atom stereocenters. The Hall–Kier alpha value is -2.26. The van der Waals surface area contributed by atoms with Crippen molar-refractivity contribution in [3.8, 4) is 0 Å². The molecular formula is C25H29FN2O3S2. The number of ether oxygens (including phenoxy) is 1. The minimum absolute atomic E-state index is 0.188. The summed E-state index contributed by atoms with van der Waals surface area (Å²) in [7, 11) is -3.83. The fourth-order valence-corrected chi connectivity index (χ4v) is 6.22. The maximum Gasteiger partial charge on any atom is 0.264 e. The number of hydrogen-bond acceptors (Lipinski definition) is 5. The van der Waals surface area contributed by atoms with E-state index < -0.39 is 15.8 Å². The number of nitrogens with zero attached hydrogens (tertiary/aromatic N) is 2. The number of morpholine rings is 1. The Labute approximate surface area is 199 Å². The summed E-state index contributed by atoms with van der Waals surface area (Å²) in [5.74, 6) is -0.0905. The van der Waals surface area contributed by atoms with Gasteiger partial charge >= 0.3 is 0 Å². The second-order valence-electron chi connectivity index (χ2n) is 8.52. The Balaban J connectivity index is 1.61. The molecule has 1 aliphatic heterocycles. The van der Waals surface area contributed by atoms with Gasteiger partial charge in [0.2, 0.25) is 0 Å². The first-order valence-corrected chi connectivity index (χ1v) is 13.4. The Morgan fingerprint density at radius 2 is 1.73 bits per heavy atom. The van der Waals surface area contributed by atoms with E-state index >= 15 is 0 Å². The van der Waals surface area contributed by atoms with E-state index in [0.717, 1.165) is 48.9 Å². The lowest BCUT2D eigenvalue weighted by Crippen LogP contribution is -2.35. The zero-order valence-electron chi connectivity index (χ0n) is 18.9. The van der Waals surface area contributed by atoms with Gasteiger partial charge in [-0.05, 0) is 64.9 Å². The van der Waals surface area contributed by atoms with Gasteiger partial charge in [0.1, 0.15) is 5.82 Å². The molecule has 8 heteroatoms. The summed E-state index contributed by atoms with van der Waals surface area (Å²) in [6, 6.07) is 14.7. The molecule has 3 aromatic rings. The molecule has 1 aromatic heterocycles. The van der Waals surface area contributed by atoms with Crippen LogP contribution in [0.4, 0.5) is 10.1 Å². The summed E-state index contributed by atoms with van der Waals surface area (Å²) in [5, 5.41) is 2.08. The number of anilines is 1. The highest BCUT2D eigenvalue weighted by atomic mass is 32.2. The molecular weight excluding hydrogens is 459 g/mol. The van der Waals surface area contributed by atoms with Crippen LogP contribution in [0.15, 0.2) is 64.9 Å². The predicted octanol–water partition coefficient (Wildman–Crippen LogP) is 5.24. The second kappa shape index (κ2) is 10.3. The quantitative estimate of drug-likeness (QED) is 0.435. The smallest absolute Gasteiger partial charge is 0.264 e. The van der Waals surface area contributed by atoms with Crippen LogP contribution in [0.2, 0.25) is 0 Å². The number of sulfonamides is 1. The molecule has 0 saturated carbocycles. The van der Waals surface area contributed by atoms with E-state index in [2.05, 4.69) is 30.2 Å². The predicted molar refractivity (Wildman–Crippen MR) is 131 cm³/mol. The second-order valence-corrected chi connectivity index (χ2v) is 11.4. The Kier molecular flexibility index (Phi) is 7.48. The highest BCUT2D eigenvalue weighted by Crippen LogP contribution is 2.29. The lowest BCUT2D eigenvalue weighted by Gasteiger charge is -2.26. The van der Waals surface area contributed by atoms with Crippen LogP contribution in [0.5, 0.6) is 0 Å². The molecule has 5 nitrogen and oxygen atoms in total. The molecule has 2 heterocycles. The molecule has 0 atom stereocenters. The number of benzene rings is 2. The van der Waals surface area contributed by atoms with Gasteiger partial charge in [-0.15, -0.1) is 11.3 Å². The van der Waals surface area contributed by atoms with Crippen LogP contribution >= 0.6 is 11.3 Å². The summed E-state index contributed by atoms with van der Waals surface area (Å²) >= 11 is 1.54. The molecule has 0 radical (unpaired) electrons. The van der Waals surface area contributed by atoms with Gasteiger partial charge in [0.25, 0.3) is 10.0 Å². The molecule has 0 aliphatic carbocycles. The molecule has 0 N–H and O–H groups in total. The highest BCUT2D eigenvalue weighted by molar-refractivity contribution is 7.92. The molecule has 4 rings (SSSR count). The molecule has 1 aliphatic rings. The van der Waals surface area contributed by atoms with Crippen molar-refractivity contribution in [1.29, 1.82) is 0 Å². The van der Waals surface area contributed by atoms with Crippen LogP contribution in [0.25, 0.3) is 0 Å². The average Bonchev–Trinajstić information content (AvgIpc) is 3.26. The third-order valence-corrected chi connectivity index (χ3v) is 8.53. The summed E-state index contributed by atoms with van der Waals surface area (Å²) in [4.78, 5) is 3.49. The van der Waals surface area contributed by atoms with Crippen LogP contribution in [-0.4, -0.2) is 39.6 Å². The van der Waals surface area contributed by atoms with Gasteiger partial charge in [0.05, 0.1) is 30.3 Å². The van der Waals surface area contributed by atoms with E-state index in [1.54, 1.807) is 23.5 Å². The van der Waals surface area contributed by atoms with Crippen molar-refractivity contribution in [3.05, 3.63) is 81.8 Å². The van der Waals surface area contributed by atoms with E-state index in [4.69, 9.17) is 4.74 Å². The maximum absolute atomic E-state index is 13.6. The lowest BCUT2D eigenvalue weighted by atomic mass is 10.0. The van der Waals surface area contributed by atoms with Gasteiger partial charge < -0.3 is 4.74 Å². The SMILES string of the molecule is CC(C)c1ccc(S(=O)(=O)N(Cc2cc(CN3CCOCC3)cs2)c2ccc(F)cc2)cc1. The normalized spacial score (nSPS) is 15.2. The molecule has 2 aromatic carbocycles. The van der Waals surface area contributed by atoms with Crippen molar-refractivity contribution < 1.29 is 17.5 Å². The van der Waals surface area contributed by atoms with Crippen molar-refractivity contribution in [3.63, 3.8) is 0 Å².